The minimum absolute atomic E-state index is 0.123. The molecule has 0 saturated carbocycles. The largest absolute Gasteiger partial charge is 0.465 e. The number of carbonyl (C=O) groups excluding carboxylic acids is 1. The van der Waals surface area contributed by atoms with Crippen LogP contribution in [0.5, 0.6) is 5.75 Å². The maximum absolute atomic E-state index is 15.8. The molecule has 1 aliphatic rings. The number of rotatable bonds is 11. The summed E-state index contributed by atoms with van der Waals surface area (Å²) in [5.74, 6) is -0.0321. The molecule has 38 heavy (non-hydrogen) atoms. The average molecular weight is 553 g/mol. The van der Waals surface area contributed by atoms with Gasteiger partial charge in [-0.05, 0) is 32.9 Å². The summed E-state index contributed by atoms with van der Waals surface area (Å²) in [6.07, 6.45) is -1.64. The maximum Gasteiger partial charge on any atom is 0.459 e. The molecule has 4 rings (SSSR count). The Bertz CT molecular complexity index is 1310. The van der Waals surface area contributed by atoms with Gasteiger partial charge < -0.3 is 24.4 Å². The minimum atomic E-state index is -4.24. The molecule has 2 aromatic heterocycles. The molecule has 1 saturated heterocycles. The van der Waals surface area contributed by atoms with Crippen LogP contribution in [-0.4, -0.2) is 74.8 Å². The zero-order valence-electron chi connectivity index (χ0n) is 21.3. The number of anilines is 1. The zero-order valence-corrected chi connectivity index (χ0v) is 22.2. The summed E-state index contributed by atoms with van der Waals surface area (Å²) in [7, 11) is -2.58. The van der Waals surface area contributed by atoms with Crippen molar-refractivity contribution in [3.63, 3.8) is 0 Å². The number of imidazole rings is 1. The third kappa shape index (κ3) is 5.64. The van der Waals surface area contributed by atoms with E-state index in [4.69, 9.17) is 18.5 Å². The molecular weight excluding hydrogens is 522 g/mol. The van der Waals surface area contributed by atoms with Gasteiger partial charge in [-0.25, -0.2) is 23.9 Å². The number of aromatic nitrogens is 4. The molecule has 0 amide bonds. The fourth-order valence-corrected chi connectivity index (χ4v) is 5.50. The van der Waals surface area contributed by atoms with E-state index < -0.39 is 50.5 Å². The number of aliphatic hydroxyl groups is 1. The Morgan fingerprint density at radius 1 is 1.32 bits per heavy atom. The second-order valence-corrected chi connectivity index (χ2v) is 10.4. The quantitative estimate of drug-likeness (QED) is 0.236. The van der Waals surface area contributed by atoms with Crippen molar-refractivity contribution in [3.05, 3.63) is 43.0 Å². The number of fused-ring (bicyclic) bond motifs is 1. The van der Waals surface area contributed by atoms with Crippen molar-refractivity contribution in [2.24, 2.45) is 0 Å². The van der Waals surface area contributed by atoms with E-state index in [1.165, 1.54) is 31.1 Å². The maximum atomic E-state index is 15.8. The highest BCUT2D eigenvalue weighted by atomic mass is 31.2. The van der Waals surface area contributed by atoms with Crippen LogP contribution in [0.15, 0.2) is 43.0 Å². The molecule has 1 aromatic carbocycles. The lowest BCUT2D eigenvalue weighted by Crippen LogP contribution is -2.41. The predicted molar refractivity (Wildman–Crippen MR) is 134 cm³/mol. The fourth-order valence-electron chi connectivity index (χ4n) is 4.00. The van der Waals surface area contributed by atoms with Crippen molar-refractivity contribution < 1.29 is 37.4 Å². The molecule has 1 unspecified atom stereocenters. The summed E-state index contributed by atoms with van der Waals surface area (Å²) in [5, 5.41) is 16.2. The predicted octanol–water partition coefficient (Wildman–Crippen LogP) is 2.60. The van der Waals surface area contributed by atoms with Crippen molar-refractivity contribution in [1.29, 1.82) is 0 Å². The highest BCUT2D eigenvalue weighted by molar-refractivity contribution is 7.52. The number of esters is 1. The summed E-state index contributed by atoms with van der Waals surface area (Å²) >= 11 is 0. The molecule has 0 spiro atoms. The van der Waals surface area contributed by atoms with Crippen LogP contribution in [0.4, 0.5) is 10.2 Å². The molecule has 0 radical (unpaired) electrons. The molecule has 0 aliphatic carbocycles. The second-order valence-electron chi connectivity index (χ2n) is 8.72. The first-order valence-corrected chi connectivity index (χ1v) is 13.4. The highest BCUT2D eigenvalue weighted by Crippen LogP contribution is 2.48. The number of hydrogen-bond acceptors (Lipinski definition) is 11. The minimum Gasteiger partial charge on any atom is -0.465 e. The standard InChI is InChI=1S/C23H30FN6O7P/c1-5-34-21(32)14(2)29-38(33,37-15-9-7-6-8-10-15)35-11-16-18(31)23(3,24)22(36-16)30-13-28-17-19(25-4)26-12-27-20(17)30/h6-10,12-14,16,18,22,31H,5,11H2,1-4H3,(H,29,33)(H,25,26,27)/t14-,16-,18-,22-,23-,38?/m1/s1. The average Bonchev–Trinajstić information content (AvgIpc) is 3.41. The topological polar surface area (TPSA) is 159 Å². The first-order chi connectivity index (χ1) is 18.1. The summed E-state index contributed by atoms with van der Waals surface area (Å²) in [6.45, 7) is 3.84. The van der Waals surface area contributed by atoms with Gasteiger partial charge in [-0.1, -0.05) is 18.2 Å². The summed E-state index contributed by atoms with van der Waals surface area (Å²) in [5.41, 5.74) is -1.63. The van der Waals surface area contributed by atoms with Crippen molar-refractivity contribution in [3.8, 4) is 5.75 Å². The number of para-hydroxylation sites is 1. The summed E-state index contributed by atoms with van der Waals surface area (Å²) in [4.78, 5) is 24.6. The zero-order chi connectivity index (χ0) is 27.5. The summed E-state index contributed by atoms with van der Waals surface area (Å²) < 4.78 is 52.8. The molecule has 6 atom stereocenters. The van der Waals surface area contributed by atoms with Crippen molar-refractivity contribution in [2.45, 2.75) is 50.9 Å². The Balaban J connectivity index is 1.55. The normalized spacial score (nSPS) is 25.6. The lowest BCUT2D eigenvalue weighted by atomic mass is 9.98. The van der Waals surface area contributed by atoms with Crippen LogP contribution in [0.1, 0.15) is 27.0 Å². The number of halogens is 1. The number of nitrogens with one attached hydrogen (secondary N) is 2. The van der Waals surface area contributed by atoms with E-state index in [9.17, 15) is 14.5 Å². The third-order valence-electron chi connectivity index (χ3n) is 5.93. The van der Waals surface area contributed by atoms with Crippen LogP contribution in [0.2, 0.25) is 0 Å². The molecule has 1 aliphatic heterocycles. The number of hydrogen-bond donors (Lipinski definition) is 3. The van der Waals surface area contributed by atoms with Crippen LogP contribution < -0.4 is 14.9 Å². The second kappa shape index (κ2) is 11.3. The molecule has 15 heteroatoms. The van der Waals surface area contributed by atoms with Crippen molar-refractivity contribution >= 4 is 30.7 Å². The SMILES string of the molecule is CCOC(=O)[C@@H](C)NP(=O)(OC[C@H]1O[C@@H](n2cnc3c(NC)ncnc32)[C@](C)(F)[C@@H]1O)Oc1ccccc1. The van der Waals surface area contributed by atoms with Gasteiger partial charge in [0.2, 0.25) is 0 Å². The van der Waals surface area contributed by atoms with Gasteiger partial charge >= 0.3 is 13.7 Å². The van der Waals surface area contributed by atoms with Gasteiger partial charge in [0.05, 0.1) is 19.5 Å². The number of aliphatic hydroxyl groups excluding tert-OH is 1. The van der Waals surface area contributed by atoms with Gasteiger partial charge in [0, 0.05) is 7.05 Å². The van der Waals surface area contributed by atoms with Crippen LogP contribution in [-0.2, 0) is 23.4 Å². The van der Waals surface area contributed by atoms with E-state index in [-0.39, 0.29) is 18.0 Å². The third-order valence-corrected chi connectivity index (χ3v) is 7.58. The van der Waals surface area contributed by atoms with Crippen molar-refractivity contribution in [2.75, 3.05) is 25.6 Å². The van der Waals surface area contributed by atoms with Gasteiger partial charge in [-0.3, -0.25) is 13.9 Å². The number of benzene rings is 1. The van der Waals surface area contributed by atoms with Crippen LogP contribution in [0.3, 0.4) is 0 Å². The van der Waals surface area contributed by atoms with Gasteiger partial charge in [0.25, 0.3) is 0 Å². The smallest absolute Gasteiger partial charge is 0.459 e. The number of nitrogens with zero attached hydrogens (tertiary/aromatic N) is 4. The molecule has 3 aromatic rings. The summed E-state index contributed by atoms with van der Waals surface area (Å²) in [6, 6.07) is 7.10. The van der Waals surface area contributed by atoms with E-state index in [0.717, 1.165) is 0 Å². The van der Waals surface area contributed by atoms with Gasteiger partial charge in [-0.2, -0.15) is 5.09 Å². The van der Waals surface area contributed by atoms with E-state index in [2.05, 4.69) is 25.4 Å². The molecule has 206 valence electrons. The van der Waals surface area contributed by atoms with Gasteiger partial charge in [0.15, 0.2) is 23.4 Å². The Morgan fingerprint density at radius 3 is 2.74 bits per heavy atom. The number of alkyl halides is 1. The lowest BCUT2D eigenvalue weighted by molar-refractivity contribution is -0.144. The molecule has 1 fully saturated rings. The molecule has 3 heterocycles. The number of ether oxygens (including phenoxy) is 2. The highest BCUT2D eigenvalue weighted by Gasteiger charge is 2.56. The Hall–Kier alpha value is -3.16. The fraction of sp³-hybridized carbons (Fsp3) is 0.478. The van der Waals surface area contributed by atoms with Crippen LogP contribution >= 0.6 is 7.75 Å². The first-order valence-electron chi connectivity index (χ1n) is 11.9. The van der Waals surface area contributed by atoms with E-state index in [1.807, 2.05) is 0 Å². The lowest BCUT2D eigenvalue weighted by Gasteiger charge is -2.25. The Labute approximate surface area is 218 Å². The van der Waals surface area contributed by atoms with Crippen LogP contribution in [0, 0.1) is 0 Å². The van der Waals surface area contributed by atoms with E-state index in [1.54, 1.807) is 44.3 Å². The van der Waals surface area contributed by atoms with Crippen LogP contribution in [0.25, 0.3) is 11.2 Å². The monoisotopic (exact) mass is 552 g/mol. The molecule has 13 nitrogen and oxygen atoms in total. The van der Waals surface area contributed by atoms with Crippen molar-refractivity contribution in [1.82, 2.24) is 24.6 Å². The first kappa shape index (κ1) is 27.9. The molecule has 0 bridgehead atoms. The molecular formula is C23H30FN6O7P. The Kier molecular flexibility index (Phi) is 8.28. The van der Waals surface area contributed by atoms with Gasteiger partial charge in [0.1, 0.15) is 35.8 Å². The van der Waals surface area contributed by atoms with E-state index in [0.29, 0.717) is 11.3 Å². The van der Waals surface area contributed by atoms with Gasteiger partial charge in [-0.15, -0.1) is 0 Å². The Morgan fingerprint density at radius 2 is 2.05 bits per heavy atom. The van der Waals surface area contributed by atoms with E-state index >= 15 is 4.39 Å². The number of carbonyl (C=O) groups is 1. The molecule has 3 N–H and O–H groups in total.